The van der Waals surface area contributed by atoms with Crippen molar-refractivity contribution in [1.29, 1.82) is 0 Å². The Labute approximate surface area is 310 Å². The van der Waals surface area contributed by atoms with E-state index in [1.165, 1.54) is 6.92 Å². The maximum absolute atomic E-state index is 14.2. The Morgan fingerprint density at radius 2 is 1.52 bits per heavy atom. The highest BCUT2D eigenvalue weighted by Gasteiger charge is 2.53. The van der Waals surface area contributed by atoms with Gasteiger partial charge >= 0.3 is 5.97 Å². The number of esters is 1. The lowest BCUT2D eigenvalue weighted by Crippen LogP contribution is -2.60. The molecule has 3 heterocycles. The van der Waals surface area contributed by atoms with E-state index in [9.17, 15) is 35.5 Å². The van der Waals surface area contributed by atoms with Crippen LogP contribution in [0, 0.1) is 29.1 Å². The molecule has 14 heteroatoms. The van der Waals surface area contributed by atoms with E-state index in [2.05, 4.69) is 5.16 Å². The minimum Gasteiger partial charge on any atom is -0.459 e. The van der Waals surface area contributed by atoms with Crippen LogP contribution in [0.15, 0.2) is 5.16 Å². The van der Waals surface area contributed by atoms with Crippen LogP contribution in [0.25, 0.3) is 0 Å². The Balaban J connectivity index is 2.21. The number of hydrogen-bond acceptors (Lipinski definition) is 14. The topological polar surface area (TPSA) is 200 Å². The van der Waals surface area contributed by atoms with Gasteiger partial charge in [-0.25, -0.2) is 0 Å². The molecule has 0 saturated carbocycles. The number of nitrogens with zero attached hydrogens (tertiary/aromatic N) is 2. The van der Waals surface area contributed by atoms with Crippen molar-refractivity contribution < 1.29 is 59.2 Å². The van der Waals surface area contributed by atoms with Gasteiger partial charge < -0.3 is 59.3 Å². The lowest BCUT2D eigenvalue weighted by Gasteiger charge is -2.49. The minimum atomic E-state index is -1.95. The van der Waals surface area contributed by atoms with E-state index in [-0.39, 0.29) is 30.7 Å². The third kappa shape index (κ3) is 9.49. The molecule has 0 bridgehead atoms. The van der Waals surface area contributed by atoms with Gasteiger partial charge in [0.25, 0.3) is 0 Å². The number of likely N-dealkylation sites (N-methyl/N-ethyl adjacent to an activating group) is 1. The number of cyclic esters (lactones) is 1. The number of ether oxygens (including phenoxy) is 5. The highest BCUT2D eigenvalue weighted by molar-refractivity contribution is 5.88. The molecule has 3 fully saturated rings. The summed E-state index contributed by atoms with van der Waals surface area (Å²) >= 11 is 0. The first-order valence-electron chi connectivity index (χ1n) is 19.2. The van der Waals surface area contributed by atoms with Gasteiger partial charge in [0.05, 0.1) is 53.9 Å². The molecule has 0 aliphatic carbocycles. The van der Waals surface area contributed by atoms with Gasteiger partial charge in [-0.05, 0) is 74.4 Å². The van der Waals surface area contributed by atoms with Crippen molar-refractivity contribution in [1.82, 2.24) is 4.90 Å². The van der Waals surface area contributed by atoms with Gasteiger partial charge in [0.1, 0.15) is 17.8 Å². The van der Waals surface area contributed by atoms with Gasteiger partial charge in [-0.3, -0.25) is 4.79 Å². The molecule has 0 aromatic carbocycles. The SMILES string of the molecule is CC[C@@H]1OC(=O)[C@H](C)[C@H](O[C@H]2C[C@@](C)(CC)[C@@H](O)[C@H](C)O2)[C@H](C)[C@@H](O[C@@H]2O[C@H](C)C[C@H](N(C)C)[C@H]2O)[C@](C)(O)C[C@@H](C)/C(=N/O)[C@@H](C)[C@@H](O)[C@]1(C)O. The van der Waals surface area contributed by atoms with Gasteiger partial charge in [0.15, 0.2) is 12.6 Å². The van der Waals surface area contributed by atoms with Crippen LogP contribution in [0.4, 0.5) is 0 Å². The molecule has 14 nitrogen and oxygen atoms in total. The quantitative estimate of drug-likeness (QED) is 0.126. The van der Waals surface area contributed by atoms with Crippen molar-refractivity contribution >= 4 is 11.7 Å². The Morgan fingerprint density at radius 3 is 2.06 bits per heavy atom. The number of carbonyl (C=O) groups excluding carboxylic acids is 1. The number of rotatable bonds is 7. The molecule has 18 atom stereocenters. The second kappa shape index (κ2) is 17.6. The van der Waals surface area contributed by atoms with E-state index < -0.39 is 102 Å². The molecule has 0 aromatic rings. The number of aliphatic hydroxyl groups excluding tert-OH is 3. The van der Waals surface area contributed by atoms with Gasteiger partial charge in [-0.2, -0.15) is 0 Å². The van der Waals surface area contributed by atoms with Crippen molar-refractivity contribution in [3.05, 3.63) is 0 Å². The molecule has 3 aliphatic rings. The van der Waals surface area contributed by atoms with E-state index in [1.807, 2.05) is 39.8 Å². The molecule has 3 aliphatic heterocycles. The number of oxime groups is 1. The zero-order chi connectivity index (χ0) is 39.7. The molecular formula is C38H70N2O12. The van der Waals surface area contributed by atoms with E-state index in [1.54, 1.807) is 48.5 Å². The lowest BCUT2D eigenvalue weighted by atomic mass is 9.73. The van der Waals surface area contributed by atoms with E-state index in [4.69, 9.17) is 23.7 Å². The molecule has 3 saturated heterocycles. The maximum atomic E-state index is 14.2. The third-order valence-electron chi connectivity index (χ3n) is 12.5. The number of carbonyl (C=O) groups is 1. The average Bonchev–Trinajstić information content (AvgIpc) is 3.06. The Hall–Kier alpha value is -1.46. The summed E-state index contributed by atoms with van der Waals surface area (Å²) < 4.78 is 31.7. The monoisotopic (exact) mass is 746 g/mol. The van der Waals surface area contributed by atoms with Crippen LogP contribution >= 0.6 is 0 Å². The first-order chi connectivity index (χ1) is 24.0. The first-order valence-corrected chi connectivity index (χ1v) is 19.2. The fraction of sp³-hybridized carbons (Fsp3) is 0.947. The second-order valence-corrected chi connectivity index (χ2v) is 17.1. The molecule has 3 rings (SSSR count). The summed E-state index contributed by atoms with van der Waals surface area (Å²) in [5, 5.41) is 72.0. The largest absolute Gasteiger partial charge is 0.459 e. The third-order valence-corrected chi connectivity index (χ3v) is 12.5. The summed E-state index contributed by atoms with van der Waals surface area (Å²) in [5.74, 6) is -4.10. The Kier molecular flexibility index (Phi) is 15.2. The Morgan fingerprint density at radius 1 is 0.904 bits per heavy atom. The van der Waals surface area contributed by atoms with Crippen molar-refractivity contribution in [3.63, 3.8) is 0 Å². The van der Waals surface area contributed by atoms with Crippen LogP contribution in [0.2, 0.25) is 0 Å². The fourth-order valence-corrected chi connectivity index (χ4v) is 8.88. The molecule has 0 amide bonds. The van der Waals surface area contributed by atoms with Crippen molar-refractivity contribution in [3.8, 4) is 0 Å². The summed E-state index contributed by atoms with van der Waals surface area (Å²) in [5.41, 5.74) is -4.12. The highest BCUT2D eigenvalue weighted by Crippen LogP contribution is 2.43. The van der Waals surface area contributed by atoms with Crippen LogP contribution in [0.3, 0.4) is 0 Å². The Bertz CT molecular complexity index is 1200. The van der Waals surface area contributed by atoms with E-state index in [0.717, 1.165) is 0 Å². The smallest absolute Gasteiger partial charge is 0.311 e. The molecular weight excluding hydrogens is 676 g/mol. The fourth-order valence-electron chi connectivity index (χ4n) is 8.88. The van der Waals surface area contributed by atoms with Gasteiger partial charge in [-0.1, -0.05) is 46.7 Å². The van der Waals surface area contributed by atoms with Crippen LogP contribution in [-0.4, -0.2) is 140 Å². The van der Waals surface area contributed by atoms with Gasteiger partial charge in [0, 0.05) is 35.6 Å². The van der Waals surface area contributed by atoms with Gasteiger partial charge in [-0.15, -0.1) is 0 Å². The van der Waals surface area contributed by atoms with Crippen LogP contribution in [0.1, 0.15) is 108 Å². The summed E-state index contributed by atoms with van der Waals surface area (Å²) in [7, 11) is 3.72. The average molecular weight is 747 g/mol. The van der Waals surface area contributed by atoms with Crippen LogP contribution in [0.5, 0.6) is 0 Å². The summed E-state index contributed by atoms with van der Waals surface area (Å²) in [6, 6.07) is -0.308. The van der Waals surface area contributed by atoms with Crippen molar-refractivity contribution in [2.24, 2.45) is 34.2 Å². The predicted molar refractivity (Wildman–Crippen MR) is 193 cm³/mol. The normalized spacial score (nSPS) is 49.8. The van der Waals surface area contributed by atoms with Crippen LogP contribution in [-0.2, 0) is 28.5 Å². The van der Waals surface area contributed by atoms with Crippen molar-refractivity contribution in [2.75, 3.05) is 14.1 Å². The lowest BCUT2D eigenvalue weighted by molar-refractivity contribution is -0.313. The van der Waals surface area contributed by atoms with Crippen LogP contribution < -0.4 is 0 Å². The molecule has 0 spiro atoms. The van der Waals surface area contributed by atoms with E-state index in [0.29, 0.717) is 19.3 Å². The molecule has 6 N–H and O–H groups in total. The summed E-state index contributed by atoms with van der Waals surface area (Å²) in [4.78, 5) is 16.1. The number of hydrogen-bond donors (Lipinski definition) is 6. The predicted octanol–water partition coefficient (Wildman–Crippen LogP) is 3.06. The molecule has 52 heavy (non-hydrogen) atoms. The standard InChI is InChI=1S/C38H70N2O12/c1-14-26-38(11,46)31(42)21(5)28(39-47)19(3)17-37(10,45)33(52-35-29(41)25(40(12)13)16-20(4)48-35)22(6)30(23(7)34(44)50-26)51-27-18-36(9,15-2)32(43)24(8)49-27/h19-27,29-33,35,41-43,45-47H,14-18H2,1-13H3/b39-28-/t19-,20-,21-,22+,23-,24+,25+,26+,27+,29-,30-,31-,32+,33-,35+,36-,37-,38-/m1/s1. The maximum Gasteiger partial charge on any atom is 0.311 e. The molecule has 0 unspecified atom stereocenters. The second-order valence-electron chi connectivity index (χ2n) is 17.1. The highest BCUT2D eigenvalue weighted by atomic mass is 16.7. The molecule has 304 valence electrons. The zero-order valence-electron chi connectivity index (χ0n) is 33.7. The molecule has 0 radical (unpaired) electrons. The number of aliphatic hydroxyl groups is 5. The zero-order valence-corrected chi connectivity index (χ0v) is 33.7. The molecule has 0 aromatic heterocycles. The van der Waals surface area contributed by atoms with Gasteiger partial charge in [0.2, 0.25) is 0 Å². The van der Waals surface area contributed by atoms with Crippen molar-refractivity contribution in [2.45, 2.75) is 187 Å². The summed E-state index contributed by atoms with van der Waals surface area (Å²) in [6.07, 6.45) is -7.96. The van der Waals surface area contributed by atoms with E-state index >= 15 is 0 Å². The first kappa shape index (κ1) is 44.9. The minimum absolute atomic E-state index is 0.0457. The summed E-state index contributed by atoms with van der Waals surface area (Å²) in [6.45, 7) is 19.0.